The standard InChI is InChI=1S/C28H31ClN4O2/c29-24-13-7-8-14-25(24)30-27(35)21-33-19-17-32(18-20-33)16-15-26(34)31-28(22-9-3-1-4-10-22)23-11-5-2-6-12-23/h1-14,28H,15-21H2,(H,30,35)(H,31,34). The van der Waals surface area contributed by atoms with Gasteiger partial charge in [0, 0.05) is 39.1 Å². The van der Waals surface area contributed by atoms with Crippen LogP contribution in [0.1, 0.15) is 23.6 Å². The highest BCUT2D eigenvalue weighted by molar-refractivity contribution is 6.33. The van der Waals surface area contributed by atoms with Crippen molar-refractivity contribution in [2.45, 2.75) is 12.5 Å². The summed E-state index contributed by atoms with van der Waals surface area (Å²) in [6.45, 7) is 4.25. The van der Waals surface area contributed by atoms with Crippen LogP contribution in [-0.2, 0) is 9.59 Å². The van der Waals surface area contributed by atoms with E-state index >= 15 is 0 Å². The number of carbonyl (C=O) groups excluding carboxylic acids is 2. The van der Waals surface area contributed by atoms with E-state index in [4.69, 9.17) is 11.6 Å². The maximum atomic E-state index is 12.8. The predicted molar refractivity (Wildman–Crippen MR) is 140 cm³/mol. The highest BCUT2D eigenvalue weighted by atomic mass is 35.5. The number of piperazine rings is 1. The van der Waals surface area contributed by atoms with Gasteiger partial charge in [-0.2, -0.15) is 0 Å². The molecule has 0 atom stereocenters. The summed E-state index contributed by atoms with van der Waals surface area (Å²) >= 11 is 6.12. The minimum atomic E-state index is -0.168. The molecule has 0 saturated carbocycles. The molecule has 0 aliphatic carbocycles. The second kappa shape index (κ2) is 12.5. The molecule has 2 amide bonds. The highest BCUT2D eigenvalue weighted by Crippen LogP contribution is 2.22. The molecular weight excluding hydrogens is 460 g/mol. The van der Waals surface area contributed by atoms with Gasteiger partial charge in [-0.05, 0) is 23.3 Å². The van der Waals surface area contributed by atoms with Gasteiger partial charge in [0.1, 0.15) is 0 Å². The van der Waals surface area contributed by atoms with Crippen molar-refractivity contribution in [1.29, 1.82) is 0 Å². The third-order valence-corrected chi connectivity index (χ3v) is 6.54. The first-order valence-electron chi connectivity index (χ1n) is 12.0. The first-order valence-corrected chi connectivity index (χ1v) is 12.3. The number of halogens is 1. The average Bonchev–Trinajstić information content (AvgIpc) is 2.89. The third kappa shape index (κ3) is 7.39. The highest BCUT2D eigenvalue weighted by Gasteiger charge is 2.21. The molecule has 3 aromatic carbocycles. The molecule has 0 aromatic heterocycles. The quantitative estimate of drug-likeness (QED) is 0.472. The van der Waals surface area contributed by atoms with Crippen LogP contribution in [0.5, 0.6) is 0 Å². The monoisotopic (exact) mass is 490 g/mol. The van der Waals surface area contributed by atoms with Crippen molar-refractivity contribution in [1.82, 2.24) is 15.1 Å². The molecule has 3 aromatic rings. The van der Waals surface area contributed by atoms with Crippen LogP contribution in [0.3, 0.4) is 0 Å². The van der Waals surface area contributed by atoms with Gasteiger partial charge in [0.15, 0.2) is 0 Å². The summed E-state index contributed by atoms with van der Waals surface area (Å²) < 4.78 is 0. The lowest BCUT2D eigenvalue weighted by Gasteiger charge is -2.34. The first kappa shape index (κ1) is 24.9. The fourth-order valence-electron chi connectivity index (χ4n) is 4.27. The second-order valence-corrected chi connectivity index (χ2v) is 9.12. The SMILES string of the molecule is O=C(CN1CCN(CCC(=O)NC(c2ccccc2)c2ccccc2)CC1)Nc1ccccc1Cl. The van der Waals surface area contributed by atoms with E-state index < -0.39 is 0 Å². The van der Waals surface area contributed by atoms with Crippen LogP contribution in [-0.4, -0.2) is 60.9 Å². The number of benzene rings is 3. The second-order valence-electron chi connectivity index (χ2n) is 8.72. The largest absolute Gasteiger partial charge is 0.345 e. The maximum absolute atomic E-state index is 12.8. The van der Waals surface area contributed by atoms with Crippen LogP contribution in [0.2, 0.25) is 5.02 Å². The zero-order valence-electron chi connectivity index (χ0n) is 19.7. The van der Waals surface area contributed by atoms with Crippen molar-refractivity contribution in [3.8, 4) is 0 Å². The summed E-state index contributed by atoms with van der Waals surface area (Å²) in [6, 6.07) is 27.2. The molecule has 1 saturated heterocycles. The van der Waals surface area contributed by atoms with E-state index in [1.807, 2.05) is 72.8 Å². The maximum Gasteiger partial charge on any atom is 0.238 e. The van der Waals surface area contributed by atoms with Crippen LogP contribution < -0.4 is 10.6 Å². The summed E-state index contributed by atoms with van der Waals surface area (Å²) in [5.74, 6) is -0.0388. The molecule has 1 heterocycles. The van der Waals surface area contributed by atoms with Crippen molar-refractivity contribution in [2.75, 3.05) is 44.6 Å². The molecule has 0 radical (unpaired) electrons. The Morgan fingerprint density at radius 1 is 0.743 bits per heavy atom. The topological polar surface area (TPSA) is 64.7 Å². The van der Waals surface area contributed by atoms with Crippen LogP contribution >= 0.6 is 11.6 Å². The van der Waals surface area contributed by atoms with E-state index in [0.29, 0.717) is 30.2 Å². The molecule has 1 fully saturated rings. The number of hydrogen-bond acceptors (Lipinski definition) is 4. The summed E-state index contributed by atoms with van der Waals surface area (Å²) in [5.41, 5.74) is 2.76. The average molecular weight is 491 g/mol. The molecule has 0 unspecified atom stereocenters. The molecular formula is C28H31ClN4O2. The molecule has 4 rings (SSSR count). The van der Waals surface area contributed by atoms with Crippen molar-refractivity contribution in [3.63, 3.8) is 0 Å². The summed E-state index contributed by atoms with van der Waals surface area (Å²) in [6.07, 6.45) is 0.434. The fourth-order valence-corrected chi connectivity index (χ4v) is 4.45. The normalized spacial score (nSPS) is 14.6. The van der Waals surface area contributed by atoms with Crippen LogP contribution in [0.25, 0.3) is 0 Å². The zero-order chi connectivity index (χ0) is 24.5. The first-order chi connectivity index (χ1) is 17.1. The lowest BCUT2D eigenvalue weighted by Crippen LogP contribution is -2.49. The Labute approximate surface area is 211 Å². The van der Waals surface area contributed by atoms with Gasteiger partial charge >= 0.3 is 0 Å². The van der Waals surface area contributed by atoms with Gasteiger partial charge in [0.25, 0.3) is 0 Å². The summed E-state index contributed by atoms with van der Waals surface area (Å²) in [4.78, 5) is 29.6. The number of anilines is 1. The molecule has 1 aliphatic heterocycles. The number of nitrogens with one attached hydrogen (secondary N) is 2. The van der Waals surface area contributed by atoms with E-state index in [1.54, 1.807) is 12.1 Å². The van der Waals surface area contributed by atoms with Crippen molar-refractivity contribution in [2.24, 2.45) is 0 Å². The van der Waals surface area contributed by atoms with Gasteiger partial charge in [-0.3, -0.25) is 14.5 Å². The molecule has 0 spiro atoms. The van der Waals surface area contributed by atoms with Gasteiger partial charge < -0.3 is 15.5 Å². The Morgan fingerprint density at radius 2 is 1.29 bits per heavy atom. The van der Waals surface area contributed by atoms with Crippen LogP contribution in [0, 0.1) is 0 Å². The molecule has 35 heavy (non-hydrogen) atoms. The van der Waals surface area contributed by atoms with Crippen molar-refractivity contribution >= 4 is 29.1 Å². The van der Waals surface area contributed by atoms with Gasteiger partial charge in [-0.25, -0.2) is 0 Å². The summed E-state index contributed by atoms with van der Waals surface area (Å²) in [7, 11) is 0. The summed E-state index contributed by atoms with van der Waals surface area (Å²) in [5, 5.41) is 6.62. The minimum Gasteiger partial charge on any atom is -0.345 e. The van der Waals surface area contributed by atoms with Gasteiger partial charge in [-0.1, -0.05) is 84.4 Å². The number of hydrogen-bond donors (Lipinski definition) is 2. The van der Waals surface area contributed by atoms with Crippen LogP contribution in [0.4, 0.5) is 5.69 Å². The lowest BCUT2D eigenvalue weighted by atomic mass is 9.98. The Kier molecular flexibility index (Phi) is 8.90. The van der Waals surface area contributed by atoms with Crippen molar-refractivity contribution in [3.05, 3.63) is 101 Å². The number of amides is 2. The number of carbonyl (C=O) groups is 2. The molecule has 6 nitrogen and oxygen atoms in total. The Balaban J connectivity index is 1.22. The van der Waals surface area contributed by atoms with E-state index in [9.17, 15) is 9.59 Å². The number of para-hydroxylation sites is 1. The smallest absolute Gasteiger partial charge is 0.238 e. The molecule has 2 N–H and O–H groups in total. The van der Waals surface area contributed by atoms with E-state index in [2.05, 4.69) is 20.4 Å². The Hall–Kier alpha value is -3.19. The van der Waals surface area contributed by atoms with Crippen molar-refractivity contribution < 1.29 is 9.59 Å². The van der Waals surface area contributed by atoms with Gasteiger partial charge in [0.2, 0.25) is 11.8 Å². The third-order valence-electron chi connectivity index (χ3n) is 6.21. The van der Waals surface area contributed by atoms with E-state index in [0.717, 1.165) is 37.3 Å². The van der Waals surface area contributed by atoms with E-state index in [-0.39, 0.29) is 17.9 Å². The lowest BCUT2D eigenvalue weighted by molar-refractivity contribution is -0.122. The number of nitrogens with zero attached hydrogens (tertiary/aromatic N) is 2. The number of rotatable bonds is 9. The Morgan fingerprint density at radius 3 is 1.89 bits per heavy atom. The van der Waals surface area contributed by atoms with Gasteiger partial charge in [-0.15, -0.1) is 0 Å². The minimum absolute atomic E-state index is 0.0317. The predicted octanol–water partition coefficient (Wildman–Crippen LogP) is 4.19. The Bertz CT molecular complexity index is 1060. The van der Waals surface area contributed by atoms with E-state index in [1.165, 1.54) is 0 Å². The fraction of sp³-hybridized carbons (Fsp3) is 0.286. The molecule has 0 bridgehead atoms. The molecule has 182 valence electrons. The zero-order valence-corrected chi connectivity index (χ0v) is 20.5. The molecule has 7 heteroatoms. The van der Waals surface area contributed by atoms with Gasteiger partial charge in [0.05, 0.1) is 23.3 Å². The van der Waals surface area contributed by atoms with Crippen LogP contribution in [0.15, 0.2) is 84.9 Å². The molecule has 1 aliphatic rings.